The first-order valence-electron chi connectivity index (χ1n) is 7.07. The molecule has 1 saturated carbocycles. The summed E-state index contributed by atoms with van der Waals surface area (Å²) in [5.74, 6) is 0.441. The average molecular weight is 298 g/mol. The Morgan fingerprint density at radius 1 is 1.25 bits per heavy atom. The van der Waals surface area contributed by atoms with Gasteiger partial charge in [0.15, 0.2) is 0 Å². The molecule has 112 valence electrons. The van der Waals surface area contributed by atoms with E-state index in [0.29, 0.717) is 19.0 Å². The van der Waals surface area contributed by atoms with E-state index in [1.807, 2.05) is 6.92 Å². The summed E-state index contributed by atoms with van der Waals surface area (Å²) in [5.41, 5.74) is 0.187. The predicted octanol–water partition coefficient (Wildman–Crippen LogP) is 1.77. The van der Waals surface area contributed by atoms with E-state index >= 15 is 0 Å². The summed E-state index contributed by atoms with van der Waals surface area (Å²) in [6, 6.07) is 0. The van der Waals surface area contributed by atoms with Crippen molar-refractivity contribution in [3.63, 3.8) is 0 Å². The molecule has 0 bridgehead atoms. The highest BCUT2D eigenvalue weighted by molar-refractivity contribution is 7.89. The van der Waals surface area contributed by atoms with Crippen molar-refractivity contribution >= 4 is 16.0 Å². The third kappa shape index (κ3) is 3.67. The van der Waals surface area contributed by atoms with Crippen molar-refractivity contribution in [2.45, 2.75) is 44.4 Å². The summed E-state index contributed by atoms with van der Waals surface area (Å²) in [4.78, 5) is 8.10. The molecule has 20 heavy (non-hydrogen) atoms. The van der Waals surface area contributed by atoms with Crippen LogP contribution in [0.4, 0.5) is 5.95 Å². The molecule has 1 heterocycles. The van der Waals surface area contributed by atoms with Crippen LogP contribution in [0.3, 0.4) is 0 Å². The Kier molecular flexibility index (Phi) is 4.59. The molecule has 0 atom stereocenters. The average Bonchev–Trinajstić information content (AvgIpc) is 3.19. The summed E-state index contributed by atoms with van der Waals surface area (Å²) in [7, 11) is -3.51. The first-order chi connectivity index (χ1) is 9.51. The van der Waals surface area contributed by atoms with Gasteiger partial charge in [0, 0.05) is 13.1 Å². The lowest BCUT2D eigenvalue weighted by Gasteiger charge is -2.15. The molecule has 0 saturated heterocycles. The molecular formula is C13H22N4O2S. The lowest BCUT2D eigenvalue weighted by molar-refractivity contribution is 0.449. The normalized spacial score (nSPS) is 16.9. The number of sulfonamides is 1. The minimum Gasteiger partial charge on any atom is -0.355 e. The molecular weight excluding hydrogens is 276 g/mol. The number of anilines is 1. The molecule has 0 unspecified atom stereocenters. The monoisotopic (exact) mass is 298 g/mol. The third-order valence-corrected chi connectivity index (χ3v) is 5.00. The fourth-order valence-electron chi connectivity index (χ4n) is 2.26. The molecule has 7 heteroatoms. The summed E-state index contributed by atoms with van der Waals surface area (Å²) in [6.07, 6.45) is 7.06. The largest absolute Gasteiger partial charge is 0.355 e. The second-order valence-electron chi connectivity index (χ2n) is 5.35. The molecule has 0 aliphatic heterocycles. The van der Waals surface area contributed by atoms with Crippen molar-refractivity contribution in [3.05, 3.63) is 12.4 Å². The van der Waals surface area contributed by atoms with Gasteiger partial charge in [-0.15, -0.1) is 0 Å². The van der Waals surface area contributed by atoms with Crippen LogP contribution in [0.25, 0.3) is 0 Å². The first kappa shape index (κ1) is 15.2. The van der Waals surface area contributed by atoms with E-state index in [2.05, 4.69) is 26.9 Å². The second-order valence-corrected chi connectivity index (χ2v) is 7.11. The number of hydrogen-bond acceptors (Lipinski definition) is 5. The van der Waals surface area contributed by atoms with Crippen molar-refractivity contribution in [2.24, 2.45) is 5.41 Å². The first-order valence-corrected chi connectivity index (χ1v) is 8.55. The maximum absolute atomic E-state index is 12.2. The van der Waals surface area contributed by atoms with E-state index in [-0.39, 0.29) is 10.3 Å². The highest BCUT2D eigenvalue weighted by Gasteiger charge is 2.42. The number of nitrogens with zero attached hydrogens (tertiary/aromatic N) is 2. The number of rotatable bonds is 8. The molecule has 1 fully saturated rings. The summed E-state index contributed by atoms with van der Waals surface area (Å²) >= 11 is 0. The zero-order chi connectivity index (χ0) is 14.6. The smallest absolute Gasteiger partial charge is 0.243 e. The Morgan fingerprint density at radius 3 is 2.40 bits per heavy atom. The lowest BCUT2D eigenvalue weighted by Crippen LogP contribution is -2.30. The standard InChI is InChI=1S/C13H22N4O2S/c1-3-5-13(6-7-13)10-17-20(18,19)11-8-15-12(14-4-2)16-9-11/h8-9,17H,3-7,10H2,1-2H3,(H,14,15,16). The Bertz CT molecular complexity index is 538. The zero-order valence-corrected chi connectivity index (χ0v) is 12.8. The predicted molar refractivity (Wildman–Crippen MR) is 78.0 cm³/mol. The van der Waals surface area contributed by atoms with Gasteiger partial charge in [-0.3, -0.25) is 0 Å². The van der Waals surface area contributed by atoms with Crippen LogP contribution in [-0.2, 0) is 10.0 Å². The van der Waals surface area contributed by atoms with Crippen LogP contribution >= 0.6 is 0 Å². The van der Waals surface area contributed by atoms with Gasteiger partial charge in [-0.25, -0.2) is 23.1 Å². The van der Waals surface area contributed by atoms with E-state index in [9.17, 15) is 8.42 Å². The van der Waals surface area contributed by atoms with Crippen molar-refractivity contribution < 1.29 is 8.42 Å². The summed E-state index contributed by atoms with van der Waals surface area (Å²) in [5, 5.41) is 2.93. The number of hydrogen-bond donors (Lipinski definition) is 2. The zero-order valence-electron chi connectivity index (χ0n) is 12.0. The van der Waals surface area contributed by atoms with Gasteiger partial charge in [0.05, 0.1) is 12.4 Å². The molecule has 1 aromatic heterocycles. The van der Waals surface area contributed by atoms with Crippen LogP contribution in [0.5, 0.6) is 0 Å². The summed E-state index contributed by atoms with van der Waals surface area (Å²) < 4.78 is 27.0. The summed E-state index contributed by atoms with van der Waals surface area (Å²) in [6.45, 7) is 5.27. The Labute approximate surface area is 120 Å². The van der Waals surface area contributed by atoms with E-state index < -0.39 is 10.0 Å². The molecule has 0 amide bonds. The lowest BCUT2D eigenvalue weighted by atomic mass is 10.0. The highest BCUT2D eigenvalue weighted by atomic mass is 32.2. The minimum atomic E-state index is -3.51. The van der Waals surface area contributed by atoms with Crippen LogP contribution in [-0.4, -0.2) is 31.5 Å². The fourth-order valence-corrected chi connectivity index (χ4v) is 3.30. The molecule has 2 N–H and O–H groups in total. The number of aromatic nitrogens is 2. The van der Waals surface area contributed by atoms with E-state index in [1.54, 1.807) is 0 Å². The van der Waals surface area contributed by atoms with E-state index in [1.165, 1.54) is 12.4 Å². The minimum absolute atomic E-state index is 0.117. The molecule has 0 spiro atoms. The molecule has 0 radical (unpaired) electrons. The molecule has 1 aromatic rings. The van der Waals surface area contributed by atoms with Gasteiger partial charge >= 0.3 is 0 Å². The number of nitrogens with one attached hydrogen (secondary N) is 2. The maximum Gasteiger partial charge on any atom is 0.243 e. The highest BCUT2D eigenvalue weighted by Crippen LogP contribution is 2.49. The van der Waals surface area contributed by atoms with Crippen LogP contribution in [0, 0.1) is 5.41 Å². The van der Waals surface area contributed by atoms with Crippen LogP contribution in [0.1, 0.15) is 39.5 Å². The van der Waals surface area contributed by atoms with Gasteiger partial charge in [-0.2, -0.15) is 0 Å². The Hall–Kier alpha value is -1.21. The molecule has 1 aliphatic carbocycles. The van der Waals surface area contributed by atoms with Gasteiger partial charge in [-0.1, -0.05) is 13.3 Å². The van der Waals surface area contributed by atoms with Crippen molar-refractivity contribution in [2.75, 3.05) is 18.4 Å². The van der Waals surface area contributed by atoms with E-state index in [0.717, 1.165) is 25.7 Å². The Morgan fingerprint density at radius 2 is 1.90 bits per heavy atom. The maximum atomic E-state index is 12.2. The van der Waals surface area contributed by atoms with Crippen molar-refractivity contribution in [1.82, 2.24) is 14.7 Å². The molecule has 1 aliphatic rings. The SMILES string of the molecule is CCCC1(CNS(=O)(=O)c2cnc(NCC)nc2)CC1. The van der Waals surface area contributed by atoms with Gasteiger partial charge in [0.1, 0.15) is 4.90 Å². The van der Waals surface area contributed by atoms with Gasteiger partial charge in [0.25, 0.3) is 0 Å². The van der Waals surface area contributed by atoms with Crippen LogP contribution < -0.4 is 10.0 Å². The van der Waals surface area contributed by atoms with Crippen molar-refractivity contribution in [3.8, 4) is 0 Å². The topological polar surface area (TPSA) is 84.0 Å². The van der Waals surface area contributed by atoms with Gasteiger partial charge < -0.3 is 5.32 Å². The van der Waals surface area contributed by atoms with E-state index in [4.69, 9.17) is 0 Å². The quantitative estimate of drug-likeness (QED) is 0.764. The second kappa shape index (κ2) is 6.05. The molecule has 2 rings (SSSR count). The molecule has 0 aromatic carbocycles. The Balaban J connectivity index is 1.99. The molecule has 6 nitrogen and oxygen atoms in total. The van der Waals surface area contributed by atoms with Crippen LogP contribution in [0.2, 0.25) is 0 Å². The van der Waals surface area contributed by atoms with Gasteiger partial charge in [0.2, 0.25) is 16.0 Å². The fraction of sp³-hybridized carbons (Fsp3) is 0.692. The third-order valence-electron chi connectivity index (χ3n) is 3.65. The van der Waals surface area contributed by atoms with Crippen LogP contribution in [0.15, 0.2) is 17.3 Å². The van der Waals surface area contributed by atoms with Gasteiger partial charge in [-0.05, 0) is 31.6 Å². The van der Waals surface area contributed by atoms with Crippen molar-refractivity contribution in [1.29, 1.82) is 0 Å².